The molecule has 0 radical (unpaired) electrons. The van der Waals surface area contributed by atoms with Gasteiger partial charge < -0.3 is 20.1 Å². The third kappa shape index (κ3) is 5.21. The molecule has 0 saturated carbocycles. The van der Waals surface area contributed by atoms with E-state index in [1.165, 1.54) is 0 Å². The van der Waals surface area contributed by atoms with E-state index in [4.69, 9.17) is 10.1 Å². The van der Waals surface area contributed by atoms with Gasteiger partial charge in [-0.05, 0) is 54.7 Å². The monoisotopic (exact) mass is 517 g/mol. The summed E-state index contributed by atoms with van der Waals surface area (Å²) in [6.45, 7) is 10.4. The van der Waals surface area contributed by atoms with Crippen LogP contribution >= 0.6 is 17.0 Å². The minimum Gasteiger partial charge on any atom is -0.507 e. The fourth-order valence-corrected chi connectivity index (χ4v) is 3.93. The molecule has 1 amide bonds. The highest BCUT2D eigenvalue weighted by Gasteiger charge is 2.30. The molecule has 0 unspecified atom stereocenters. The predicted octanol–water partition coefficient (Wildman–Crippen LogP) is 4.36. The molecule has 1 heterocycles. The minimum atomic E-state index is -0.312. The first-order valence-electron chi connectivity index (χ1n) is 10.7. The molecule has 2 aromatic carbocycles. The summed E-state index contributed by atoms with van der Waals surface area (Å²) >= 11 is 0. The van der Waals surface area contributed by atoms with Gasteiger partial charge in [0.05, 0.1) is 18.7 Å². The highest BCUT2D eigenvalue weighted by atomic mass is 79.9. The standard InChI is InChI=1S/C25H31N3O4.BrH/c1-7-32-21-10-16-12-28(23(26)17(16)11-18(21)24(31)27-6)13-20(29)15-8-14(2)22(30)19(9-15)25(3,4)5;/h8-11,26,30H,7,12-13H2,1-6H3,(H,27,31);1H. The van der Waals surface area contributed by atoms with E-state index in [2.05, 4.69) is 5.32 Å². The molecule has 1 aliphatic heterocycles. The van der Waals surface area contributed by atoms with Gasteiger partial charge in [0, 0.05) is 30.3 Å². The second-order valence-corrected chi connectivity index (χ2v) is 9.08. The molecule has 0 spiro atoms. The first-order valence-corrected chi connectivity index (χ1v) is 10.7. The Balaban J connectivity index is 0.00000385. The third-order valence-electron chi connectivity index (χ3n) is 5.67. The van der Waals surface area contributed by atoms with Gasteiger partial charge in [-0.15, -0.1) is 17.0 Å². The molecular formula is C25H32BrN3O4. The van der Waals surface area contributed by atoms with Crippen LogP contribution in [-0.2, 0) is 12.0 Å². The molecule has 3 rings (SSSR count). The van der Waals surface area contributed by atoms with E-state index in [9.17, 15) is 14.7 Å². The van der Waals surface area contributed by atoms with Gasteiger partial charge >= 0.3 is 0 Å². The number of ketones is 1. The zero-order valence-corrected chi connectivity index (χ0v) is 21.7. The van der Waals surface area contributed by atoms with Crippen molar-refractivity contribution in [3.8, 4) is 11.5 Å². The lowest BCUT2D eigenvalue weighted by Gasteiger charge is -2.23. The highest BCUT2D eigenvalue weighted by molar-refractivity contribution is 8.93. The van der Waals surface area contributed by atoms with Gasteiger partial charge in [0.2, 0.25) is 0 Å². The van der Waals surface area contributed by atoms with E-state index in [0.29, 0.717) is 41.2 Å². The second-order valence-electron chi connectivity index (χ2n) is 9.08. The number of phenolic OH excluding ortho intramolecular Hbond substituents is 1. The molecule has 0 aromatic heterocycles. The Hall–Kier alpha value is -2.87. The van der Waals surface area contributed by atoms with Crippen LogP contribution < -0.4 is 10.1 Å². The first kappa shape index (κ1) is 26.4. The Kier molecular flexibility index (Phi) is 7.96. The molecule has 0 atom stereocenters. The maximum Gasteiger partial charge on any atom is 0.254 e. The van der Waals surface area contributed by atoms with Gasteiger partial charge in [0.15, 0.2) is 5.78 Å². The first-order chi connectivity index (χ1) is 15.0. The Bertz CT molecular complexity index is 1110. The molecule has 1 aliphatic rings. The third-order valence-corrected chi connectivity index (χ3v) is 5.67. The number of hydrogen-bond donors (Lipinski definition) is 3. The summed E-state index contributed by atoms with van der Waals surface area (Å²) in [7, 11) is 1.55. The second kappa shape index (κ2) is 9.95. The molecule has 0 aliphatic carbocycles. The number of nitrogens with one attached hydrogen (secondary N) is 2. The molecule has 33 heavy (non-hydrogen) atoms. The van der Waals surface area contributed by atoms with Gasteiger partial charge in [0.1, 0.15) is 17.3 Å². The smallest absolute Gasteiger partial charge is 0.254 e. The van der Waals surface area contributed by atoms with Crippen molar-refractivity contribution in [3.05, 3.63) is 57.6 Å². The number of ether oxygens (including phenoxy) is 1. The quantitative estimate of drug-likeness (QED) is 0.494. The van der Waals surface area contributed by atoms with Crippen LogP contribution in [0.25, 0.3) is 0 Å². The van der Waals surface area contributed by atoms with Gasteiger partial charge in [0.25, 0.3) is 5.91 Å². The summed E-state index contributed by atoms with van der Waals surface area (Å²) in [6, 6.07) is 6.88. The number of amides is 1. The molecule has 3 N–H and O–H groups in total. The van der Waals surface area contributed by atoms with Crippen LogP contribution in [0.15, 0.2) is 24.3 Å². The van der Waals surface area contributed by atoms with E-state index in [0.717, 1.165) is 11.1 Å². The molecule has 8 heteroatoms. The van der Waals surface area contributed by atoms with Crippen molar-refractivity contribution in [1.29, 1.82) is 5.41 Å². The summed E-state index contributed by atoms with van der Waals surface area (Å²) in [5.41, 5.74) is 3.40. The van der Waals surface area contributed by atoms with Crippen molar-refractivity contribution >= 4 is 34.5 Å². The number of nitrogens with zero attached hydrogens (tertiary/aromatic N) is 1. The molecule has 7 nitrogen and oxygen atoms in total. The number of amidine groups is 1. The predicted molar refractivity (Wildman–Crippen MR) is 134 cm³/mol. The molecule has 0 fully saturated rings. The van der Waals surface area contributed by atoms with Gasteiger partial charge in [-0.25, -0.2) is 0 Å². The lowest BCUT2D eigenvalue weighted by atomic mass is 9.83. The van der Waals surface area contributed by atoms with E-state index < -0.39 is 0 Å². The van der Waals surface area contributed by atoms with Crippen LogP contribution in [0, 0.1) is 12.3 Å². The number of aromatic hydroxyl groups is 1. The average molecular weight is 518 g/mol. The van der Waals surface area contributed by atoms with Gasteiger partial charge in [-0.2, -0.15) is 0 Å². The molecular weight excluding hydrogens is 486 g/mol. The summed E-state index contributed by atoms with van der Waals surface area (Å²) in [5, 5.41) is 21.6. The van der Waals surface area contributed by atoms with E-state index in [1.807, 2.05) is 27.7 Å². The maximum atomic E-state index is 13.1. The summed E-state index contributed by atoms with van der Waals surface area (Å²) in [5.74, 6) is 0.463. The largest absolute Gasteiger partial charge is 0.507 e. The normalized spacial score (nSPS) is 12.8. The van der Waals surface area contributed by atoms with Crippen molar-refractivity contribution in [2.45, 2.75) is 46.6 Å². The van der Waals surface area contributed by atoms with Crippen LogP contribution in [0.3, 0.4) is 0 Å². The summed E-state index contributed by atoms with van der Waals surface area (Å²) in [6.07, 6.45) is 0. The fourth-order valence-electron chi connectivity index (χ4n) is 3.93. The lowest BCUT2D eigenvalue weighted by Crippen LogP contribution is -2.30. The topological polar surface area (TPSA) is 103 Å². The zero-order chi connectivity index (χ0) is 23.8. The van der Waals surface area contributed by atoms with E-state index >= 15 is 0 Å². The number of carbonyl (C=O) groups excluding carboxylic acids is 2. The zero-order valence-electron chi connectivity index (χ0n) is 20.0. The lowest BCUT2D eigenvalue weighted by molar-refractivity contribution is 0.0953. The Morgan fingerprint density at radius 1 is 1.21 bits per heavy atom. The number of Topliss-reactive ketones (excluding diaryl/α,β-unsaturated/α-hetero) is 1. The summed E-state index contributed by atoms with van der Waals surface area (Å²) in [4.78, 5) is 27.1. The Morgan fingerprint density at radius 2 is 1.88 bits per heavy atom. The molecule has 0 bridgehead atoms. The van der Waals surface area contributed by atoms with Crippen molar-refractivity contribution in [2.75, 3.05) is 20.2 Å². The van der Waals surface area contributed by atoms with Gasteiger partial charge in [-0.3, -0.25) is 15.0 Å². The molecule has 2 aromatic rings. The van der Waals surface area contributed by atoms with E-state index in [-0.39, 0.29) is 52.2 Å². The van der Waals surface area contributed by atoms with Crippen LogP contribution in [0.5, 0.6) is 11.5 Å². The number of benzene rings is 2. The molecule has 0 saturated heterocycles. The maximum absolute atomic E-state index is 13.1. The Labute approximate surface area is 205 Å². The van der Waals surface area contributed by atoms with Crippen molar-refractivity contribution in [3.63, 3.8) is 0 Å². The highest BCUT2D eigenvalue weighted by Crippen LogP contribution is 2.35. The van der Waals surface area contributed by atoms with Crippen LogP contribution in [-0.4, -0.2) is 47.7 Å². The van der Waals surface area contributed by atoms with Crippen molar-refractivity contribution < 1.29 is 19.4 Å². The average Bonchev–Trinajstić information content (AvgIpc) is 3.02. The number of phenols is 1. The molecule has 178 valence electrons. The minimum absolute atomic E-state index is 0. The van der Waals surface area contributed by atoms with Crippen LogP contribution in [0.2, 0.25) is 0 Å². The number of aryl methyl sites for hydroxylation is 1. The summed E-state index contributed by atoms with van der Waals surface area (Å²) < 4.78 is 5.64. The SMILES string of the molecule is Br.CCOc1cc2c(cc1C(=O)NC)C(=N)N(CC(=O)c1cc(C)c(O)c(C(C)(C)C)c1)C2. The van der Waals surface area contributed by atoms with Crippen molar-refractivity contribution in [2.24, 2.45) is 0 Å². The van der Waals surface area contributed by atoms with Crippen LogP contribution in [0.4, 0.5) is 0 Å². The number of rotatable bonds is 6. The number of hydrogen-bond acceptors (Lipinski definition) is 5. The van der Waals surface area contributed by atoms with Gasteiger partial charge in [-0.1, -0.05) is 20.8 Å². The number of carbonyl (C=O) groups is 2. The fraction of sp³-hybridized carbons (Fsp3) is 0.400. The van der Waals surface area contributed by atoms with Crippen molar-refractivity contribution in [1.82, 2.24) is 10.2 Å². The number of fused-ring (bicyclic) bond motifs is 1. The van der Waals surface area contributed by atoms with Crippen LogP contribution in [0.1, 0.15) is 70.7 Å². The van der Waals surface area contributed by atoms with E-state index in [1.54, 1.807) is 43.1 Å². The number of halogens is 1. The Morgan fingerprint density at radius 3 is 2.45 bits per heavy atom.